The third-order valence-electron chi connectivity index (χ3n) is 6.25. The van der Waals surface area contributed by atoms with E-state index in [0.717, 1.165) is 53.9 Å². The minimum atomic E-state index is -0.165. The van der Waals surface area contributed by atoms with Gasteiger partial charge < -0.3 is 10.0 Å². The Kier molecular flexibility index (Phi) is 5.96. The lowest BCUT2D eigenvalue weighted by Gasteiger charge is -2.44. The number of likely N-dealkylation sites (tertiary alicyclic amines) is 1. The van der Waals surface area contributed by atoms with Crippen LogP contribution in [0, 0.1) is 0 Å². The van der Waals surface area contributed by atoms with Crippen molar-refractivity contribution in [3.63, 3.8) is 0 Å². The van der Waals surface area contributed by atoms with Crippen LogP contribution in [0.4, 0.5) is 0 Å². The Morgan fingerprint density at radius 1 is 1.24 bits per heavy atom. The van der Waals surface area contributed by atoms with Crippen LogP contribution < -0.4 is 0 Å². The number of phenolic OH excluding ortho intramolecular Hbond substituents is 1. The summed E-state index contributed by atoms with van der Waals surface area (Å²) in [5.74, 6) is 0.337. The highest BCUT2D eigenvalue weighted by Crippen LogP contribution is 2.42. The standard InChI is InChI=1S/C24H35N3OS/c1-16(2)18-13-17(14-19(21(18)28)23(3,4)5)20-15-29-22(25-20)24(26(6)7)9-11-27(8)12-10-24/h13-15,28H,1,9-12H2,2-8H3. The molecule has 0 saturated carbocycles. The number of aromatic hydroxyl groups is 1. The molecule has 0 aliphatic carbocycles. The monoisotopic (exact) mass is 413 g/mol. The summed E-state index contributed by atoms with van der Waals surface area (Å²) in [6.45, 7) is 14.6. The smallest absolute Gasteiger partial charge is 0.126 e. The topological polar surface area (TPSA) is 39.6 Å². The van der Waals surface area contributed by atoms with Crippen molar-refractivity contribution >= 4 is 16.9 Å². The van der Waals surface area contributed by atoms with Crippen molar-refractivity contribution < 1.29 is 5.11 Å². The summed E-state index contributed by atoms with van der Waals surface area (Å²) in [5.41, 5.74) is 4.48. The van der Waals surface area contributed by atoms with Gasteiger partial charge in [-0.1, -0.05) is 27.4 Å². The second-order valence-corrected chi connectivity index (χ2v) is 10.6. The molecule has 0 radical (unpaired) electrons. The third kappa shape index (κ3) is 4.14. The third-order valence-corrected chi connectivity index (χ3v) is 7.28. The van der Waals surface area contributed by atoms with E-state index in [9.17, 15) is 5.11 Å². The maximum Gasteiger partial charge on any atom is 0.126 e. The van der Waals surface area contributed by atoms with Crippen molar-refractivity contribution in [2.45, 2.75) is 51.5 Å². The number of piperidine rings is 1. The molecule has 1 aliphatic rings. The Morgan fingerprint density at radius 2 is 1.86 bits per heavy atom. The lowest BCUT2D eigenvalue weighted by molar-refractivity contribution is 0.0642. The molecule has 5 heteroatoms. The van der Waals surface area contributed by atoms with Crippen LogP contribution in [0.3, 0.4) is 0 Å². The average molecular weight is 414 g/mol. The van der Waals surface area contributed by atoms with Crippen LogP contribution in [0.1, 0.15) is 56.7 Å². The van der Waals surface area contributed by atoms with E-state index in [0.29, 0.717) is 5.75 Å². The summed E-state index contributed by atoms with van der Waals surface area (Å²) in [4.78, 5) is 9.86. The molecule has 0 amide bonds. The van der Waals surface area contributed by atoms with Gasteiger partial charge in [0, 0.05) is 35.2 Å². The minimum absolute atomic E-state index is 0.00358. The normalized spacial score (nSPS) is 17.7. The van der Waals surface area contributed by atoms with Crippen molar-refractivity contribution in [3.8, 4) is 17.0 Å². The Hall–Kier alpha value is -1.69. The fourth-order valence-corrected chi connectivity index (χ4v) is 5.31. The highest BCUT2D eigenvalue weighted by atomic mass is 32.1. The first-order valence-electron chi connectivity index (χ1n) is 10.3. The van der Waals surface area contributed by atoms with Crippen molar-refractivity contribution in [2.24, 2.45) is 0 Å². The van der Waals surface area contributed by atoms with Crippen LogP contribution in [0.25, 0.3) is 16.8 Å². The van der Waals surface area contributed by atoms with E-state index in [1.165, 1.54) is 5.01 Å². The molecule has 1 N–H and O–H groups in total. The van der Waals surface area contributed by atoms with E-state index >= 15 is 0 Å². The number of rotatable bonds is 4. The summed E-state index contributed by atoms with van der Waals surface area (Å²) >= 11 is 1.75. The zero-order chi connectivity index (χ0) is 21.6. The molecule has 1 aromatic carbocycles. The molecule has 0 atom stereocenters. The zero-order valence-electron chi connectivity index (χ0n) is 19.0. The number of allylic oxidation sites excluding steroid dienone is 1. The van der Waals surface area contributed by atoms with Crippen LogP contribution in [-0.2, 0) is 11.0 Å². The Morgan fingerprint density at radius 3 is 2.38 bits per heavy atom. The number of nitrogens with zero attached hydrogens (tertiary/aromatic N) is 3. The summed E-state index contributed by atoms with van der Waals surface area (Å²) in [6.07, 6.45) is 2.17. The van der Waals surface area contributed by atoms with E-state index in [1.54, 1.807) is 11.3 Å². The van der Waals surface area contributed by atoms with Crippen LogP contribution in [0.2, 0.25) is 0 Å². The first kappa shape index (κ1) is 22.0. The van der Waals surface area contributed by atoms with Gasteiger partial charge in [-0.05, 0) is 64.0 Å². The van der Waals surface area contributed by atoms with Crippen molar-refractivity contribution in [1.82, 2.24) is 14.8 Å². The molecule has 2 aromatic rings. The molecule has 0 spiro atoms. The molecule has 29 heavy (non-hydrogen) atoms. The molecule has 0 bridgehead atoms. The van der Waals surface area contributed by atoms with E-state index < -0.39 is 0 Å². The van der Waals surface area contributed by atoms with Gasteiger partial charge in [0.1, 0.15) is 10.8 Å². The van der Waals surface area contributed by atoms with Crippen molar-refractivity contribution in [2.75, 3.05) is 34.2 Å². The zero-order valence-corrected chi connectivity index (χ0v) is 19.8. The van der Waals surface area contributed by atoms with Crippen molar-refractivity contribution in [1.29, 1.82) is 0 Å². The van der Waals surface area contributed by atoms with Crippen LogP contribution in [-0.4, -0.2) is 54.1 Å². The second kappa shape index (κ2) is 7.86. The molecule has 2 heterocycles. The molecule has 3 rings (SSSR count). The summed E-state index contributed by atoms with van der Waals surface area (Å²) < 4.78 is 0. The van der Waals surface area contributed by atoms with Gasteiger partial charge in [0.25, 0.3) is 0 Å². The SMILES string of the molecule is C=C(C)c1cc(-c2csc(C3(N(C)C)CCN(C)CC3)n2)cc(C(C)(C)C)c1O. The van der Waals surface area contributed by atoms with Crippen LogP contribution in [0.15, 0.2) is 24.1 Å². The van der Waals surface area contributed by atoms with E-state index in [4.69, 9.17) is 4.98 Å². The highest BCUT2D eigenvalue weighted by Gasteiger charge is 2.40. The van der Waals surface area contributed by atoms with E-state index in [-0.39, 0.29) is 11.0 Å². The Labute approximate surface area is 179 Å². The van der Waals surface area contributed by atoms with Gasteiger partial charge in [-0.2, -0.15) is 0 Å². The van der Waals surface area contributed by atoms with Gasteiger partial charge in [-0.3, -0.25) is 4.90 Å². The van der Waals surface area contributed by atoms with Gasteiger partial charge in [0.05, 0.1) is 11.2 Å². The fourth-order valence-electron chi connectivity index (χ4n) is 4.14. The fraction of sp³-hybridized carbons (Fsp3) is 0.542. The second-order valence-electron chi connectivity index (χ2n) is 9.72. The minimum Gasteiger partial charge on any atom is -0.507 e. The molecule has 158 valence electrons. The quantitative estimate of drug-likeness (QED) is 0.735. The largest absolute Gasteiger partial charge is 0.507 e. The number of thiazole rings is 1. The van der Waals surface area contributed by atoms with Crippen LogP contribution in [0.5, 0.6) is 5.75 Å². The van der Waals surface area contributed by atoms with Gasteiger partial charge >= 0.3 is 0 Å². The van der Waals surface area contributed by atoms with Crippen LogP contribution >= 0.6 is 11.3 Å². The molecular formula is C24H35N3OS. The number of hydrogen-bond donors (Lipinski definition) is 1. The first-order valence-corrected chi connectivity index (χ1v) is 11.2. The number of aromatic nitrogens is 1. The number of hydrogen-bond acceptors (Lipinski definition) is 5. The molecule has 4 nitrogen and oxygen atoms in total. The highest BCUT2D eigenvalue weighted by molar-refractivity contribution is 7.10. The predicted octanol–water partition coefficient (Wildman–Crippen LogP) is 5.33. The van der Waals surface area contributed by atoms with E-state index in [1.807, 2.05) is 13.0 Å². The van der Waals surface area contributed by atoms with Gasteiger partial charge in [0.2, 0.25) is 0 Å². The number of benzene rings is 1. The molecular weight excluding hydrogens is 378 g/mol. The maximum atomic E-state index is 10.8. The lowest BCUT2D eigenvalue weighted by Crippen LogP contribution is -2.49. The Balaban J connectivity index is 2.08. The van der Waals surface area contributed by atoms with Gasteiger partial charge in [0.15, 0.2) is 0 Å². The maximum absolute atomic E-state index is 10.8. The summed E-state index contributed by atoms with van der Waals surface area (Å²) in [6, 6.07) is 4.13. The first-order chi connectivity index (χ1) is 13.5. The summed E-state index contributed by atoms with van der Waals surface area (Å²) in [5, 5.41) is 14.2. The molecule has 1 fully saturated rings. The molecule has 0 unspecified atom stereocenters. The lowest BCUT2D eigenvalue weighted by atomic mass is 9.83. The Bertz CT molecular complexity index is 899. The molecule has 1 aromatic heterocycles. The summed E-state index contributed by atoms with van der Waals surface area (Å²) in [7, 11) is 6.53. The predicted molar refractivity (Wildman–Crippen MR) is 125 cm³/mol. The van der Waals surface area contributed by atoms with E-state index in [2.05, 4.69) is 69.7 Å². The van der Waals surface area contributed by atoms with Gasteiger partial charge in [-0.25, -0.2) is 4.98 Å². The molecule has 1 aliphatic heterocycles. The van der Waals surface area contributed by atoms with Gasteiger partial charge in [-0.15, -0.1) is 11.3 Å². The number of phenols is 1. The average Bonchev–Trinajstić information content (AvgIpc) is 3.11. The van der Waals surface area contributed by atoms with Crippen molar-refractivity contribution in [3.05, 3.63) is 40.2 Å². The molecule has 1 saturated heterocycles.